The second kappa shape index (κ2) is 6.52. The summed E-state index contributed by atoms with van der Waals surface area (Å²) in [7, 11) is 0. The zero-order valence-electron chi connectivity index (χ0n) is 12.3. The third kappa shape index (κ3) is 3.90. The molecule has 1 aromatic rings. The van der Waals surface area contributed by atoms with Crippen LogP contribution < -0.4 is 0 Å². The van der Waals surface area contributed by atoms with E-state index in [4.69, 9.17) is 5.11 Å². The summed E-state index contributed by atoms with van der Waals surface area (Å²) in [6, 6.07) is 1.65. The Kier molecular flexibility index (Phi) is 4.73. The van der Waals surface area contributed by atoms with Crippen LogP contribution in [0.15, 0.2) is 24.5 Å². The van der Waals surface area contributed by atoms with Gasteiger partial charge in [-0.15, -0.1) is 0 Å². The third-order valence-corrected chi connectivity index (χ3v) is 3.64. The van der Waals surface area contributed by atoms with Crippen LogP contribution in [0.2, 0.25) is 0 Å². The number of rotatable bonds is 3. The number of carboxylic acids is 1. The average molecular weight is 288 g/mol. The topological polar surface area (TPSA) is 70.5 Å². The summed E-state index contributed by atoms with van der Waals surface area (Å²) in [6.45, 7) is 5.78. The van der Waals surface area contributed by atoms with E-state index in [1.54, 1.807) is 12.3 Å². The molecule has 1 amide bonds. The lowest BCUT2D eigenvalue weighted by Crippen LogP contribution is -2.42. The minimum absolute atomic E-state index is 0.0548. The molecular weight excluding hydrogens is 268 g/mol. The summed E-state index contributed by atoms with van der Waals surface area (Å²) >= 11 is 0. The molecule has 0 bridgehead atoms. The lowest BCUT2D eigenvalue weighted by atomic mass is 9.91. The quantitative estimate of drug-likeness (QED) is 0.866. The molecule has 2 heterocycles. The van der Waals surface area contributed by atoms with Crippen molar-refractivity contribution in [1.29, 1.82) is 0 Å². The Morgan fingerprint density at radius 3 is 2.62 bits per heavy atom. The highest BCUT2D eigenvalue weighted by Crippen LogP contribution is 2.23. The highest BCUT2D eigenvalue weighted by atomic mass is 16.4. The largest absolute Gasteiger partial charge is 0.478 e. The number of nitrogens with zero attached hydrogens (tertiary/aromatic N) is 2. The fraction of sp³-hybridized carbons (Fsp3) is 0.438. The molecule has 2 rings (SSSR count). The lowest BCUT2D eigenvalue weighted by Gasteiger charge is -2.35. The van der Waals surface area contributed by atoms with Gasteiger partial charge in [-0.3, -0.25) is 9.78 Å². The average Bonchev–Trinajstić information content (AvgIpc) is 2.43. The summed E-state index contributed by atoms with van der Waals surface area (Å²) in [5.41, 5.74) is 1.04. The van der Waals surface area contributed by atoms with Crippen molar-refractivity contribution in [2.75, 3.05) is 13.1 Å². The number of amides is 1. The molecule has 112 valence electrons. The minimum Gasteiger partial charge on any atom is -0.478 e. The predicted octanol–water partition coefficient (Wildman–Crippen LogP) is 2.30. The Bertz CT molecular complexity index is 558. The van der Waals surface area contributed by atoms with Crippen molar-refractivity contribution < 1.29 is 14.7 Å². The molecular formula is C16H20N2O3. The van der Waals surface area contributed by atoms with E-state index in [9.17, 15) is 9.59 Å². The summed E-state index contributed by atoms with van der Waals surface area (Å²) in [4.78, 5) is 29.1. The van der Waals surface area contributed by atoms with Crippen LogP contribution in [0, 0.1) is 11.8 Å². The smallest absolute Gasteiger partial charge is 0.328 e. The van der Waals surface area contributed by atoms with Crippen LogP contribution in [0.3, 0.4) is 0 Å². The molecule has 5 heteroatoms. The second-order valence-electron chi connectivity index (χ2n) is 5.79. The molecule has 1 aliphatic heterocycles. The Labute approximate surface area is 124 Å². The van der Waals surface area contributed by atoms with Crippen molar-refractivity contribution in [2.45, 2.75) is 20.3 Å². The molecule has 0 spiro atoms. The predicted molar refractivity (Wildman–Crippen MR) is 79.8 cm³/mol. The zero-order valence-corrected chi connectivity index (χ0v) is 12.3. The number of aliphatic carboxylic acids is 1. The zero-order chi connectivity index (χ0) is 15.4. The fourth-order valence-electron chi connectivity index (χ4n) is 2.89. The van der Waals surface area contributed by atoms with E-state index in [-0.39, 0.29) is 5.91 Å². The number of hydrogen-bond donors (Lipinski definition) is 1. The number of carbonyl (C=O) groups excluding carboxylic acids is 1. The maximum Gasteiger partial charge on any atom is 0.328 e. The van der Waals surface area contributed by atoms with Crippen LogP contribution >= 0.6 is 0 Å². The van der Waals surface area contributed by atoms with Crippen LogP contribution in [0.4, 0.5) is 0 Å². The molecule has 0 saturated carbocycles. The van der Waals surface area contributed by atoms with Gasteiger partial charge in [0, 0.05) is 42.7 Å². The molecule has 0 radical (unpaired) electrons. The van der Waals surface area contributed by atoms with Gasteiger partial charge in [0.2, 0.25) is 0 Å². The van der Waals surface area contributed by atoms with Crippen LogP contribution in [0.1, 0.15) is 36.2 Å². The van der Waals surface area contributed by atoms with Crippen molar-refractivity contribution in [1.82, 2.24) is 9.88 Å². The first-order valence-corrected chi connectivity index (χ1v) is 7.11. The first-order valence-electron chi connectivity index (χ1n) is 7.11. The van der Waals surface area contributed by atoms with Gasteiger partial charge in [0.25, 0.3) is 5.91 Å². The third-order valence-electron chi connectivity index (χ3n) is 3.64. The normalized spacial score (nSPS) is 22.5. The number of piperidine rings is 1. The van der Waals surface area contributed by atoms with Crippen molar-refractivity contribution in [2.24, 2.45) is 11.8 Å². The maximum absolute atomic E-state index is 12.7. The number of carbonyl (C=O) groups is 2. The number of pyridine rings is 1. The second-order valence-corrected chi connectivity index (χ2v) is 5.79. The SMILES string of the molecule is CC1CC(C)CN(C(=O)c2ccncc2C=CC(=O)O)C1. The Morgan fingerprint density at radius 1 is 1.33 bits per heavy atom. The Hall–Kier alpha value is -2.17. The van der Waals surface area contributed by atoms with Crippen molar-refractivity contribution in [3.8, 4) is 0 Å². The summed E-state index contributed by atoms with van der Waals surface area (Å²) in [6.07, 6.45) is 6.64. The molecule has 1 N–H and O–H groups in total. The highest BCUT2D eigenvalue weighted by molar-refractivity contribution is 5.98. The van der Waals surface area contributed by atoms with Crippen LogP contribution in [0.25, 0.3) is 6.08 Å². The van der Waals surface area contributed by atoms with Gasteiger partial charge in [-0.1, -0.05) is 13.8 Å². The number of aromatic nitrogens is 1. The fourth-order valence-corrected chi connectivity index (χ4v) is 2.89. The molecule has 2 atom stereocenters. The van der Waals surface area contributed by atoms with Gasteiger partial charge >= 0.3 is 5.97 Å². The molecule has 1 saturated heterocycles. The molecule has 1 fully saturated rings. The van der Waals surface area contributed by atoms with Crippen molar-refractivity contribution >= 4 is 18.0 Å². The van der Waals surface area contributed by atoms with Gasteiger partial charge in [0.15, 0.2) is 0 Å². The Morgan fingerprint density at radius 2 is 2.00 bits per heavy atom. The van der Waals surface area contributed by atoms with E-state index in [2.05, 4.69) is 18.8 Å². The monoisotopic (exact) mass is 288 g/mol. The summed E-state index contributed by atoms with van der Waals surface area (Å²) < 4.78 is 0. The van der Waals surface area contributed by atoms with Gasteiger partial charge in [-0.2, -0.15) is 0 Å². The summed E-state index contributed by atoms with van der Waals surface area (Å²) in [5, 5.41) is 8.72. The van der Waals surface area contributed by atoms with Crippen LogP contribution in [-0.4, -0.2) is 40.0 Å². The lowest BCUT2D eigenvalue weighted by molar-refractivity contribution is -0.131. The number of likely N-dealkylation sites (tertiary alicyclic amines) is 1. The van der Waals surface area contributed by atoms with E-state index < -0.39 is 5.97 Å². The van der Waals surface area contributed by atoms with Gasteiger partial charge in [-0.25, -0.2) is 4.79 Å². The van der Waals surface area contributed by atoms with Crippen LogP contribution in [-0.2, 0) is 4.79 Å². The van der Waals surface area contributed by atoms with E-state index in [0.29, 0.717) is 23.0 Å². The molecule has 0 aromatic carbocycles. The van der Waals surface area contributed by atoms with Gasteiger partial charge in [0.1, 0.15) is 0 Å². The molecule has 2 unspecified atom stereocenters. The highest BCUT2D eigenvalue weighted by Gasteiger charge is 2.26. The van der Waals surface area contributed by atoms with Gasteiger partial charge in [0.05, 0.1) is 0 Å². The standard InChI is InChI=1S/C16H20N2O3/c1-11-7-12(2)10-18(9-11)16(21)14-5-6-17-8-13(14)3-4-15(19)20/h3-6,8,11-12H,7,9-10H2,1-2H3,(H,19,20). The van der Waals surface area contributed by atoms with E-state index in [1.807, 2.05) is 4.90 Å². The first kappa shape index (κ1) is 15.2. The number of hydrogen-bond acceptors (Lipinski definition) is 3. The van der Waals surface area contributed by atoms with Crippen molar-refractivity contribution in [3.05, 3.63) is 35.7 Å². The first-order chi connectivity index (χ1) is 9.97. The molecule has 0 aliphatic carbocycles. The minimum atomic E-state index is -1.04. The molecule has 1 aromatic heterocycles. The summed E-state index contributed by atoms with van der Waals surface area (Å²) in [5.74, 6) is -0.131. The molecule has 1 aliphatic rings. The molecule has 5 nitrogen and oxygen atoms in total. The van der Waals surface area contributed by atoms with Gasteiger partial charge < -0.3 is 10.0 Å². The van der Waals surface area contributed by atoms with E-state index in [0.717, 1.165) is 25.6 Å². The van der Waals surface area contributed by atoms with Crippen molar-refractivity contribution in [3.63, 3.8) is 0 Å². The van der Waals surface area contributed by atoms with E-state index >= 15 is 0 Å². The van der Waals surface area contributed by atoms with E-state index in [1.165, 1.54) is 12.3 Å². The Balaban J connectivity index is 2.24. The van der Waals surface area contributed by atoms with Crippen LogP contribution in [0.5, 0.6) is 0 Å². The molecule has 21 heavy (non-hydrogen) atoms. The maximum atomic E-state index is 12.7. The number of carboxylic acid groups (broad SMARTS) is 1. The van der Waals surface area contributed by atoms with Gasteiger partial charge in [-0.05, 0) is 30.4 Å².